The van der Waals surface area contributed by atoms with E-state index in [1.807, 2.05) is 12.1 Å². The topological polar surface area (TPSA) is 20.2 Å². The van der Waals surface area contributed by atoms with Crippen LogP contribution >= 0.6 is 0 Å². The van der Waals surface area contributed by atoms with Crippen LogP contribution in [-0.4, -0.2) is 5.11 Å². The molecule has 100 valence electrons. The molecule has 0 aliphatic heterocycles. The highest BCUT2D eigenvalue weighted by Gasteiger charge is 2.10. The molecule has 0 aliphatic carbocycles. The Morgan fingerprint density at radius 2 is 1.79 bits per heavy atom. The third kappa shape index (κ3) is 3.42. The van der Waals surface area contributed by atoms with Gasteiger partial charge in [0.1, 0.15) is 5.82 Å². The van der Waals surface area contributed by atoms with Crippen molar-refractivity contribution in [2.45, 2.75) is 32.8 Å². The molecule has 2 heteroatoms. The lowest BCUT2D eigenvalue weighted by molar-refractivity contribution is 0.167. The van der Waals surface area contributed by atoms with Gasteiger partial charge in [-0.3, -0.25) is 0 Å². The lowest BCUT2D eigenvalue weighted by Crippen LogP contribution is -2.01. The molecule has 0 radical (unpaired) electrons. The summed E-state index contributed by atoms with van der Waals surface area (Å²) in [5.41, 5.74) is 3.85. The molecule has 1 N–H and O–H groups in total. The van der Waals surface area contributed by atoms with Crippen molar-refractivity contribution in [3.8, 4) is 0 Å². The fourth-order valence-corrected chi connectivity index (χ4v) is 2.22. The molecule has 0 bridgehead atoms. The molecule has 2 aromatic carbocycles. The molecule has 0 amide bonds. The first-order chi connectivity index (χ1) is 9.08. The summed E-state index contributed by atoms with van der Waals surface area (Å²) >= 11 is 0. The van der Waals surface area contributed by atoms with Gasteiger partial charge in [-0.2, -0.15) is 0 Å². The normalized spacial score (nSPS) is 12.4. The largest absolute Gasteiger partial charge is 0.388 e. The fraction of sp³-hybridized carbons (Fsp3) is 0.294. The maximum Gasteiger partial charge on any atom is 0.126 e. The molecule has 2 aromatic rings. The highest BCUT2D eigenvalue weighted by molar-refractivity contribution is 5.28. The zero-order chi connectivity index (χ0) is 13.8. The monoisotopic (exact) mass is 258 g/mol. The van der Waals surface area contributed by atoms with E-state index in [0.717, 1.165) is 12.0 Å². The molecule has 0 aliphatic rings. The molecule has 1 unspecified atom stereocenters. The van der Waals surface area contributed by atoms with Crippen molar-refractivity contribution in [1.82, 2.24) is 0 Å². The van der Waals surface area contributed by atoms with Crippen LogP contribution in [0, 0.1) is 19.7 Å². The smallest absolute Gasteiger partial charge is 0.126 e. The van der Waals surface area contributed by atoms with Crippen LogP contribution in [-0.2, 0) is 6.42 Å². The Balaban J connectivity index is 2.03. The summed E-state index contributed by atoms with van der Waals surface area (Å²) in [5, 5.41) is 10.2. The number of halogens is 1. The molecule has 0 saturated heterocycles. The Labute approximate surface area is 113 Å². The molecule has 0 heterocycles. The molecule has 0 spiro atoms. The molecule has 0 aromatic heterocycles. The number of aryl methyl sites for hydroxylation is 3. The van der Waals surface area contributed by atoms with Gasteiger partial charge in [0.05, 0.1) is 6.10 Å². The molecule has 1 atom stereocenters. The molecule has 0 fully saturated rings. The Morgan fingerprint density at radius 1 is 1.05 bits per heavy atom. The average molecular weight is 258 g/mol. The standard InChI is InChI=1S/C17H19FO/c1-12-5-3-4-6-14(12)8-10-17(19)15-7-9-16(18)13(2)11-15/h3-7,9,11,17,19H,8,10H2,1-2H3. The van der Waals surface area contributed by atoms with Crippen molar-refractivity contribution >= 4 is 0 Å². The van der Waals surface area contributed by atoms with Gasteiger partial charge < -0.3 is 5.11 Å². The SMILES string of the molecule is Cc1cc(C(O)CCc2ccccc2C)ccc1F. The van der Waals surface area contributed by atoms with Crippen LogP contribution in [0.4, 0.5) is 4.39 Å². The van der Waals surface area contributed by atoms with Crippen molar-refractivity contribution in [3.63, 3.8) is 0 Å². The van der Waals surface area contributed by atoms with Crippen LogP contribution in [0.25, 0.3) is 0 Å². The predicted octanol–water partition coefficient (Wildman–Crippen LogP) is 4.11. The second-order valence-corrected chi connectivity index (χ2v) is 4.99. The van der Waals surface area contributed by atoms with Gasteiger partial charge >= 0.3 is 0 Å². The molecule has 19 heavy (non-hydrogen) atoms. The van der Waals surface area contributed by atoms with Crippen LogP contribution in [0.5, 0.6) is 0 Å². The maximum absolute atomic E-state index is 13.2. The van der Waals surface area contributed by atoms with E-state index in [9.17, 15) is 9.50 Å². The third-order valence-electron chi connectivity index (χ3n) is 3.52. The van der Waals surface area contributed by atoms with E-state index in [1.165, 1.54) is 17.2 Å². The summed E-state index contributed by atoms with van der Waals surface area (Å²) in [4.78, 5) is 0. The first kappa shape index (κ1) is 13.8. The van der Waals surface area contributed by atoms with Crippen molar-refractivity contribution in [2.75, 3.05) is 0 Å². The number of aliphatic hydroxyl groups excluding tert-OH is 1. The van der Waals surface area contributed by atoms with E-state index in [-0.39, 0.29) is 5.82 Å². The second kappa shape index (κ2) is 5.98. The van der Waals surface area contributed by atoms with Gasteiger partial charge in [0.2, 0.25) is 0 Å². The van der Waals surface area contributed by atoms with Crippen LogP contribution < -0.4 is 0 Å². The first-order valence-corrected chi connectivity index (χ1v) is 6.56. The van der Waals surface area contributed by atoms with E-state index < -0.39 is 6.10 Å². The summed E-state index contributed by atoms with van der Waals surface area (Å²) in [7, 11) is 0. The van der Waals surface area contributed by atoms with E-state index in [0.29, 0.717) is 12.0 Å². The number of benzene rings is 2. The van der Waals surface area contributed by atoms with E-state index in [1.54, 1.807) is 19.1 Å². The van der Waals surface area contributed by atoms with Crippen LogP contribution in [0.15, 0.2) is 42.5 Å². The van der Waals surface area contributed by atoms with Crippen LogP contribution in [0.1, 0.15) is 34.8 Å². The number of aliphatic hydroxyl groups is 1. The second-order valence-electron chi connectivity index (χ2n) is 4.99. The summed E-state index contributed by atoms with van der Waals surface area (Å²) in [6.45, 7) is 3.79. The lowest BCUT2D eigenvalue weighted by Gasteiger charge is -2.13. The number of hydrogen-bond donors (Lipinski definition) is 1. The molecule has 0 saturated carbocycles. The van der Waals surface area contributed by atoms with Gasteiger partial charge in [-0.15, -0.1) is 0 Å². The minimum atomic E-state index is -0.543. The molecule has 2 rings (SSSR count). The Hall–Kier alpha value is -1.67. The number of hydrogen-bond acceptors (Lipinski definition) is 1. The molecular formula is C17H19FO. The minimum absolute atomic E-state index is 0.227. The summed E-state index contributed by atoms with van der Waals surface area (Å²) in [6.07, 6.45) is 0.930. The maximum atomic E-state index is 13.2. The zero-order valence-electron chi connectivity index (χ0n) is 11.4. The van der Waals surface area contributed by atoms with Gasteiger partial charge in [-0.05, 0) is 55.0 Å². The van der Waals surface area contributed by atoms with Crippen molar-refractivity contribution in [1.29, 1.82) is 0 Å². The molecular weight excluding hydrogens is 239 g/mol. The quantitative estimate of drug-likeness (QED) is 0.875. The summed E-state index contributed by atoms with van der Waals surface area (Å²) in [5.74, 6) is -0.227. The minimum Gasteiger partial charge on any atom is -0.388 e. The zero-order valence-corrected chi connectivity index (χ0v) is 11.4. The highest BCUT2D eigenvalue weighted by Crippen LogP contribution is 2.22. The first-order valence-electron chi connectivity index (χ1n) is 6.56. The van der Waals surface area contributed by atoms with Gasteiger partial charge in [0, 0.05) is 0 Å². The lowest BCUT2D eigenvalue weighted by atomic mass is 9.98. The van der Waals surface area contributed by atoms with E-state index in [2.05, 4.69) is 19.1 Å². The van der Waals surface area contributed by atoms with E-state index in [4.69, 9.17) is 0 Å². The molecule has 1 nitrogen and oxygen atoms in total. The van der Waals surface area contributed by atoms with Crippen molar-refractivity contribution in [3.05, 3.63) is 70.5 Å². The fourth-order valence-electron chi connectivity index (χ4n) is 2.22. The van der Waals surface area contributed by atoms with E-state index >= 15 is 0 Å². The van der Waals surface area contributed by atoms with Crippen LogP contribution in [0.2, 0.25) is 0 Å². The Bertz CT molecular complexity index is 563. The van der Waals surface area contributed by atoms with Crippen molar-refractivity contribution in [2.24, 2.45) is 0 Å². The van der Waals surface area contributed by atoms with Crippen LogP contribution in [0.3, 0.4) is 0 Å². The van der Waals surface area contributed by atoms with Gasteiger partial charge in [-0.1, -0.05) is 36.4 Å². The highest BCUT2D eigenvalue weighted by atomic mass is 19.1. The number of rotatable bonds is 4. The van der Waals surface area contributed by atoms with Gasteiger partial charge in [0.15, 0.2) is 0 Å². The van der Waals surface area contributed by atoms with Gasteiger partial charge in [0.25, 0.3) is 0 Å². The summed E-state index contributed by atoms with van der Waals surface area (Å²) in [6, 6.07) is 13.0. The Morgan fingerprint density at radius 3 is 2.47 bits per heavy atom. The van der Waals surface area contributed by atoms with Crippen molar-refractivity contribution < 1.29 is 9.50 Å². The Kier molecular flexibility index (Phi) is 4.33. The predicted molar refractivity (Wildman–Crippen MR) is 75.6 cm³/mol. The summed E-state index contributed by atoms with van der Waals surface area (Å²) < 4.78 is 13.2. The van der Waals surface area contributed by atoms with Gasteiger partial charge in [-0.25, -0.2) is 4.39 Å². The average Bonchev–Trinajstić information content (AvgIpc) is 2.40. The third-order valence-corrected chi connectivity index (χ3v) is 3.52.